The van der Waals surface area contributed by atoms with Crippen molar-refractivity contribution in [2.75, 3.05) is 11.9 Å². The summed E-state index contributed by atoms with van der Waals surface area (Å²) < 4.78 is 5.31. The van der Waals surface area contributed by atoms with E-state index in [1.807, 2.05) is 18.2 Å². The number of para-hydroxylation sites is 1. The summed E-state index contributed by atoms with van der Waals surface area (Å²) in [5.41, 5.74) is 0.565. The lowest BCUT2D eigenvalue weighted by Gasteiger charge is -2.09. The normalized spacial score (nSPS) is 9.95. The van der Waals surface area contributed by atoms with Gasteiger partial charge in [0.2, 0.25) is 0 Å². The van der Waals surface area contributed by atoms with E-state index in [9.17, 15) is 4.79 Å². The molecule has 5 heteroatoms. The Morgan fingerprint density at radius 3 is 2.74 bits per heavy atom. The van der Waals surface area contributed by atoms with Crippen molar-refractivity contribution >= 4 is 11.7 Å². The zero-order chi connectivity index (χ0) is 13.5. The number of hydrogen-bond donors (Lipinski definition) is 2. The number of pyridine rings is 1. The summed E-state index contributed by atoms with van der Waals surface area (Å²) in [5.74, 6) is 0.657. The van der Waals surface area contributed by atoms with E-state index in [0.717, 1.165) is 0 Å². The minimum Gasteiger partial charge on any atom is -0.484 e. The standard InChI is InChI=1S/C14H14N2O3/c17-9-11-5-4-8-15-14(11)16-13(18)10-19-12-6-2-1-3-7-12/h1-8,17H,9-10H2,(H,15,16,18). The molecule has 0 saturated carbocycles. The van der Waals surface area contributed by atoms with Crippen LogP contribution in [0, 0.1) is 0 Å². The molecule has 0 bridgehead atoms. The fourth-order valence-corrected chi connectivity index (χ4v) is 1.51. The van der Waals surface area contributed by atoms with Crippen molar-refractivity contribution in [1.29, 1.82) is 0 Å². The van der Waals surface area contributed by atoms with Crippen LogP contribution in [0.4, 0.5) is 5.82 Å². The maximum atomic E-state index is 11.7. The largest absolute Gasteiger partial charge is 0.484 e. The number of rotatable bonds is 5. The highest BCUT2D eigenvalue weighted by Gasteiger charge is 2.07. The molecule has 1 heterocycles. The number of aromatic nitrogens is 1. The van der Waals surface area contributed by atoms with Crippen LogP contribution >= 0.6 is 0 Å². The second kappa shape index (κ2) is 6.51. The number of hydrogen-bond acceptors (Lipinski definition) is 4. The lowest BCUT2D eigenvalue weighted by molar-refractivity contribution is -0.118. The Bertz CT molecular complexity index is 543. The van der Waals surface area contributed by atoms with Crippen molar-refractivity contribution in [1.82, 2.24) is 4.98 Å². The second-order valence-corrected chi connectivity index (χ2v) is 3.82. The minimum absolute atomic E-state index is 0.106. The molecule has 0 aliphatic carbocycles. The van der Waals surface area contributed by atoms with Gasteiger partial charge in [-0.15, -0.1) is 0 Å². The van der Waals surface area contributed by atoms with Crippen LogP contribution in [0.15, 0.2) is 48.7 Å². The number of nitrogens with zero attached hydrogens (tertiary/aromatic N) is 1. The van der Waals surface area contributed by atoms with Crippen molar-refractivity contribution in [2.45, 2.75) is 6.61 Å². The molecule has 0 unspecified atom stereocenters. The molecule has 2 rings (SSSR count). The number of ether oxygens (including phenoxy) is 1. The van der Waals surface area contributed by atoms with Gasteiger partial charge in [0.05, 0.1) is 6.61 Å². The highest BCUT2D eigenvalue weighted by atomic mass is 16.5. The van der Waals surface area contributed by atoms with E-state index in [1.54, 1.807) is 30.5 Å². The van der Waals surface area contributed by atoms with Crippen LogP contribution in [-0.4, -0.2) is 22.6 Å². The van der Waals surface area contributed by atoms with Gasteiger partial charge >= 0.3 is 0 Å². The molecule has 0 aliphatic rings. The van der Waals surface area contributed by atoms with Gasteiger partial charge in [0.15, 0.2) is 6.61 Å². The Labute approximate surface area is 110 Å². The van der Waals surface area contributed by atoms with Crippen molar-refractivity contribution in [3.8, 4) is 5.75 Å². The lowest BCUT2D eigenvalue weighted by atomic mass is 10.2. The van der Waals surface area contributed by atoms with Gasteiger partial charge in [0, 0.05) is 11.8 Å². The summed E-state index contributed by atoms with van der Waals surface area (Å²) in [6, 6.07) is 12.5. The fraction of sp³-hybridized carbons (Fsp3) is 0.143. The molecule has 0 saturated heterocycles. The Hall–Kier alpha value is -2.40. The molecule has 0 aliphatic heterocycles. The topological polar surface area (TPSA) is 71.5 Å². The zero-order valence-electron chi connectivity index (χ0n) is 10.2. The average molecular weight is 258 g/mol. The minimum atomic E-state index is -0.322. The first kappa shape index (κ1) is 13.0. The van der Waals surface area contributed by atoms with Crippen LogP contribution in [0.2, 0.25) is 0 Å². The molecule has 0 radical (unpaired) electrons. The van der Waals surface area contributed by atoms with E-state index in [2.05, 4.69) is 10.3 Å². The predicted octanol–water partition coefficient (Wildman–Crippen LogP) is 1.59. The van der Waals surface area contributed by atoms with Gasteiger partial charge in [-0.3, -0.25) is 4.79 Å². The van der Waals surface area contributed by atoms with Crippen LogP contribution in [0.1, 0.15) is 5.56 Å². The quantitative estimate of drug-likeness (QED) is 0.854. The molecule has 1 amide bonds. The summed E-state index contributed by atoms with van der Waals surface area (Å²) in [6.45, 7) is -0.283. The number of aliphatic hydroxyl groups is 1. The maximum absolute atomic E-state index is 11.7. The van der Waals surface area contributed by atoms with Crippen LogP contribution in [0.25, 0.3) is 0 Å². The molecule has 1 aromatic carbocycles. The van der Waals surface area contributed by atoms with E-state index in [-0.39, 0.29) is 19.1 Å². The molecule has 1 aromatic heterocycles. The van der Waals surface area contributed by atoms with Gasteiger partial charge < -0.3 is 15.2 Å². The maximum Gasteiger partial charge on any atom is 0.263 e. The monoisotopic (exact) mass is 258 g/mol. The van der Waals surface area contributed by atoms with Crippen LogP contribution in [0.5, 0.6) is 5.75 Å². The van der Waals surface area contributed by atoms with Crippen LogP contribution in [-0.2, 0) is 11.4 Å². The van der Waals surface area contributed by atoms with Crippen molar-refractivity contribution in [2.24, 2.45) is 0 Å². The fourth-order valence-electron chi connectivity index (χ4n) is 1.51. The molecule has 5 nitrogen and oxygen atoms in total. The van der Waals surface area contributed by atoms with Crippen LogP contribution in [0.3, 0.4) is 0 Å². The Balaban J connectivity index is 1.91. The molecule has 0 fully saturated rings. The number of amides is 1. The number of carbonyl (C=O) groups excluding carboxylic acids is 1. The molecule has 19 heavy (non-hydrogen) atoms. The molecule has 0 atom stereocenters. The summed E-state index contributed by atoms with van der Waals surface area (Å²) in [7, 11) is 0. The summed E-state index contributed by atoms with van der Waals surface area (Å²) >= 11 is 0. The van der Waals surface area contributed by atoms with E-state index in [4.69, 9.17) is 9.84 Å². The molecular formula is C14H14N2O3. The van der Waals surface area contributed by atoms with Gasteiger partial charge in [-0.25, -0.2) is 4.98 Å². The Morgan fingerprint density at radius 1 is 1.21 bits per heavy atom. The van der Waals surface area contributed by atoms with Crippen molar-refractivity contribution in [3.05, 3.63) is 54.2 Å². The Kier molecular flexibility index (Phi) is 4.47. The SMILES string of the molecule is O=C(COc1ccccc1)Nc1ncccc1CO. The third-order valence-electron chi connectivity index (χ3n) is 2.43. The van der Waals surface area contributed by atoms with E-state index in [1.165, 1.54) is 0 Å². The number of carbonyl (C=O) groups is 1. The van der Waals surface area contributed by atoms with Crippen molar-refractivity contribution in [3.63, 3.8) is 0 Å². The van der Waals surface area contributed by atoms with Crippen molar-refractivity contribution < 1.29 is 14.6 Å². The summed E-state index contributed by atoms with van der Waals surface area (Å²) in [5, 5.41) is 11.7. The average Bonchev–Trinajstić information content (AvgIpc) is 2.47. The third kappa shape index (κ3) is 3.79. The molecule has 2 N–H and O–H groups in total. The molecular weight excluding hydrogens is 244 g/mol. The highest BCUT2D eigenvalue weighted by Crippen LogP contribution is 2.11. The van der Waals surface area contributed by atoms with Gasteiger partial charge in [0.25, 0.3) is 5.91 Å². The van der Waals surface area contributed by atoms with E-state index >= 15 is 0 Å². The van der Waals surface area contributed by atoms with Gasteiger partial charge in [-0.05, 0) is 18.2 Å². The third-order valence-corrected chi connectivity index (χ3v) is 2.43. The zero-order valence-corrected chi connectivity index (χ0v) is 10.2. The molecule has 98 valence electrons. The van der Waals surface area contributed by atoms with Gasteiger partial charge in [-0.2, -0.15) is 0 Å². The predicted molar refractivity (Wildman–Crippen MR) is 70.7 cm³/mol. The summed E-state index contributed by atoms with van der Waals surface area (Å²) in [6.07, 6.45) is 1.55. The number of benzene rings is 1. The number of aliphatic hydroxyl groups excluding tert-OH is 1. The first-order valence-corrected chi connectivity index (χ1v) is 5.82. The van der Waals surface area contributed by atoms with E-state index in [0.29, 0.717) is 17.1 Å². The molecule has 2 aromatic rings. The second-order valence-electron chi connectivity index (χ2n) is 3.82. The highest BCUT2D eigenvalue weighted by molar-refractivity contribution is 5.91. The summed E-state index contributed by atoms with van der Waals surface area (Å²) in [4.78, 5) is 15.7. The smallest absolute Gasteiger partial charge is 0.263 e. The number of nitrogens with one attached hydrogen (secondary N) is 1. The first-order chi connectivity index (χ1) is 9.29. The van der Waals surface area contributed by atoms with E-state index < -0.39 is 0 Å². The number of anilines is 1. The Morgan fingerprint density at radius 2 is 2.00 bits per heavy atom. The molecule has 0 spiro atoms. The van der Waals surface area contributed by atoms with Gasteiger partial charge in [-0.1, -0.05) is 24.3 Å². The van der Waals surface area contributed by atoms with Crippen LogP contribution < -0.4 is 10.1 Å². The van der Waals surface area contributed by atoms with Gasteiger partial charge in [0.1, 0.15) is 11.6 Å². The first-order valence-electron chi connectivity index (χ1n) is 5.82. The lowest BCUT2D eigenvalue weighted by Crippen LogP contribution is -2.21.